The van der Waals surface area contributed by atoms with Crippen molar-refractivity contribution < 1.29 is 9.84 Å². The molecule has 0 radical (unpaired) electrons. The van der Waals surface area contributed by atoms with E-state index in [9.17, 15) is 5.11 Å². The minimum atomic E-state index is -0.209. The molecule has 3 N–H and O–H groups in total. The van der Waals surface area contributed by atoms with Crippen molar-refractivity contribution in [2.45, 2.75) is 52.6 Å². The van der Waals surface area contributed by atoms with Gasteiger partial charge in [-0.05, 0) is 19.8 Å². The molecule has 2 aliphatic rings. The fourth-order valence-electron chi connectivity index (χ4n) is 3.03. The van der Waals surface area contributed by atoms with Gasteiger partial charge in [0.2, 0.25) is 0 Å². The molecule has 0 aromatic rings. The van der Waals surface area contributed by atoms with Crippen LogP contribution in [0.4, 0.5) is 0 Å². The van der Waals surface area contributed by atoms with E-state index < -0.39 is 0 Å². The maximum Gasteiger partial charge on any atom is 0.191 e. The molecule has 6 heteroatoms. The average Bonchev–Trinajstić information content (AvgIpc) is 2.43. The minimum absolute atomic E-state index is 0. The monoisotopic (exact) mass is 425 g/mol. The topological polar surface area (TPSA) is 65.9 Å². The van der Waals surface area contributed by atoms with E-state index in [1.165, 1.54) is 6.42 Å². The number of nitrogens with zero attached hydrogens (tertiary/aromatic N) is 1. The molecule has 2 unspecified atom stereocenters. The SMILES string of the molecule is CCNC(=NCC1(C)COC1)NCC1(C)CCCCC1O.I. The van der Waals surface area contributed by atoms with Crippen molar-refractivity contribution in [1.29, 1.82) is 0 Å². The molecule has 2 fully saturated rings. The van der Waals surface area contributed by atoms with Gasteiger partial charge in [-0.2, -0.15) is 0 Å². The van der Waals surface area contributed by atoms with Crippen molar-refractivity contribution in [3.63, 3.8) is 0 Å². The van der Waals surface area contributed by atoms with Crippen molar-refractivity contribution in [3.05, 3.63) is 0 Å². The smallest absolute Gasteiger partial charge is 0.191 e. The molecular formula is C16H32IN3O2. The van der Waals surface area contributed by atoms with Gasteiger partial charge in [0.15, 0.2) is 5.96 Å². The summed E-state index contributed by atoms with van der Waals surface area (Å²) < 4.78 is 5.27. The van der Waals surface area contributed by atoms with Gasteiger partial charge in [0.05, 0.1) is 25.9 Å². The number of aliphatic hydroxyl groups is 1. The number of hydrogen-bond donors (Lipinski definition) is 3. The summed E-state index contributed by atoms with van der Waals surface area (Å²) in [6.07, 6.45) is 4.13. The van der Waals surface area contributed by atoms with Crippen LogP contribution in [0.25, 0.3) is 0 Å². The Bertz CT molecular complexity index is 374. The Hall–Kier alpha value is -0.0800. The molecule has 0 amide bonds. The first-order chi connectivity index (χ1) is 9.97. The van der Waals surface area contributed by atoms with Crippen LogP contribution in [0, 0.1) is 10.8 Å². The Morgan fingerprint density at radius 2 is 2.00 bits per heavy atom. The summed E-state index contributed by atoms with van der Waals surface area (Å²) in [5.74, 6) is 0.852. The van der Waals surface area contributed by atoms with Crippen LogP contribution in [0.3, 0.4) is 0 Å². The quantitative estimate of drug-likeness (QED) is 0.359. The molecule has 0 bridgehead atoms. The van der Waals surface area contributed by atoms with Crippen molar-refractivity contribution in [2.75, 3.05) is 32.8 Å². The third-order valence-corrected chi connectivity index (χ3v) is 4.80. The van der Waals surface area contributed by atoms with Crippen molar-refractivity contribution in [3.8, 4) is 0 Å². The number of aliphatic hydroxyl groups excluding tert-OH is 1. The van der Waals surface area contributed by atoms with E-state index in [2.05, 4.69) is 36.4 Å². The van der Waals surface area contributed by atoms with E-state index in [0.29, 0.717) is 0 Å². The van der Waals surface area contributed by atoms with Crippen molar-refractivity contribution >= 4 is 29.9 Å². The summed E-state index contributed by atoms with van der Waals surface area (Å²) in [6.45, 7) is 10.4. The second-order valence-electron chi connectivity index (χ2n) is 7.27. The standard InChI is InChI=1S/C16H31N3O2.HI/c1-4-17-14(18-9-15(2)11-21-12-15)19-10-16(3)8-6-5-7-13(16)20;/h13,20H,4-12H2,1-3H3,(H2,17,18,19);1H. The van der Waals surface area contributed by atoms with Crippen LogP contribution >= 0.6 is 24.0 Å². The lowest BCUT2D eigenvalue weighted by molar-refractivity contribution is -0.0945. The summed E-state index contributed by atoms with van der Waals surface area (Å²) in [5.41, 5.74) is 0.147. The highest BCUT2D eigenvalue weighted by atomic mass is 127. The Balaban J connectivity index is 0.00000242. The molecule has 130 valence electrons. The van der Waals surface area contributed by atoms with Crippen LogP contribution < -0.4 is 10.6 Å². The van der Waals surface area contributed by atoms with Gasteiger partial charge in [-0.1, -0.05) is 26.7 Å². The normalized spacial score (nSPS) is 30.9. The number of guanidine groups is 1. The maximum absolute atomic E-state index is 10.3. The summed E-state index contributed by atoms with van der Waals surface area (Å²) in [5, 5.41) is 17.0. The molecule has 1 aliphatic carbocycles. The number of aliphatic imine (C=N–C) groups is 1. The molecule has 2 rings (SSSR count). The molecule has 0 aromatic carbocycles. The summed E-state index contributed by atoms with van der Waals surface area (Å²) in [4.78, 5) is 4.68. The molecule has 0 aromatic heterocycles. The number of hydrogen-bond acceptors (Lipinski definition) is 3. The summed E-state index contributed by atoms with van der Waals surface area (Å²) in [6, 6.07) is 0. The molecule has 1 aliphatic heterocycles. The Morgan fingerprint density at radius 3 is 2.55 bits per heavy atom. The van der Waals surface area contributed by atoms with Gasteiger partial charge in [-0.15, -0.1) is 24.0 Å². The van der Waals surface area contributed by atoms with Gasteiger partial charge in [0.1, 0.15) is 0 Å². The Kier molecular flexibility index (Phi) is 7.88. The minimum Gasteiger partial charge on any atom is -0.392 e. The molecule has 0 spiro atoms. The fraction of sp³-hybridized carbons (Fsp3) is 0.938. The third-order valence-electron chi connectivity index (χ3n) is 4.80. The van der Waals surface area contributed by atoms with Crippen LogP contribution in [0.1, 0.15) is 46.5 Å². The van der Waals surface area contributed by atoms with Crippen molar-refractivity contribution in [1.82, 2.24) is 10.6 Å². The number of rotatable bonds is 5. The van der Waals surface area contributed by atoms with Gasteiger partial charge in [0.25, 0.3) is 0 Å². The van der Waals surface area contributed by atoms with E-state index >= 15 is 0 Å². The second-order valence-corrected chi connectivity index (χ2v) is 7.27. The van der Waals surface area contributed by atoms with Gasteiger partial charge in [0, 0.05) is 23.9 Å². The molecule has 1 saturated carbocycles. The second kappa shape index (κ2) is 8.68. The van der Waals surface area contributed by atoms with Gasteiger partial charge in [-0.3, -0.25) is 4.99 Å². The van der Waals surface area contributed by atoms with Crippen LogP contribution in [0.15, 0.2) is 4.99 Å². The predicted molar refractivity (Wildman–Crippen MR) is 101 cm³/mol. The zero-order valence-corrected chi connectivity index (χ0v) is 16.5. The highest BCUT2D eigenvalue weighted by Gasteiger charge is 2.36. The van der Waals surface area contributed by atoms with Gasteiger partial charge in [-0.25, -0.2) is 0 Å². The van der Waals surface area contributed by atoms with E-state index in [0.717, 1.165) is 58.1 Å². The zero-order chi connectivity index (χ0) is 15.3. The molecule has 2 atom stereocenters. The maximum atomic E-state index is 10.3. The Labute approximate surface area is 151 Å². The average molecular weight is 425 g/mol. The van der Waals surface area contributed by atoms with Crippen LogP contribution in [-0.4, -0.2) is 50.0 Å². The van der Waals surface area contributed by atoms with Crippen molar-refractivity contribution in [2.24, 2.45) is 15.8 Å². The fourth-order valence-corrected chi connectivity index (χ4v) is 3.03. The number of ether oxygens (including phenoxy) is 1. The zero-order valence-electron chi connectivity index (χ0n) is 14.2. The molecule has 22 heavy (non-hydrogen) atoms. The van der Waals surface area contributed by atoms with Gasteiger partial charge < -0.3 is 20.5 Å². The molecule has 5 nitrogen and oxygen atoms in total. The summed E-state index contributed by atoms with van der Waals surface area (Å²) in [7, 11) is 0. The number of nitrogens with one attached hydrogen (secondary N) is 2. The molecule has 1 heterocycles. The van der Waals surface area contributed by atoms with Crippen LogP contribution in [0.5, 0.6) is 0 Å². The number of halogens is 1. The van der Waals surface area contributed by atoms with E-state index in [1.807, 2.05) is 0 Å². The highest BCUT2D eigenvalue weighted by Crippen LogP contribution is 2.35. The lowest BCUT2D eigenvalue weighted by Gasteiger charge is -2.39. The van der Waals surface area contributed by atoms with E-state index in [-0.39, 0.29) is 40.9 Å². The van der Waals surface area contributed by atoms with Gasteiger partial charge >= 0.3 is 0 Å². The third kappa shape index (κ3) is 5.23. The predicted octanol–water partition coefficient (Wildman–Crippen LogP) is 2.14. The largest absolute Gasteiger partial charge is 0.392 e. The van der Waals surface area contributed by atoms with Crippen LogP contribution in [0.2, 0.25) is 0 Å². The molecular weight excluding hydrogens is 393 g/mol. The highest BCUT2D eigenvalue weighted by molar-refractivity contribution is 14.0. The first-order valence-electron chi connectivity index (χ1n) is 8.25. The van der Waals surface area contributed by atoms with Crippen LogP contribution in [-0.2, 0) is 4.74 Å². The van der Waals surface area contributed by atoms with E-state index in [4.69, 9.17) is 4.74 Å². The van der Waals surface area contributed by atoms with E-state index in [1.54, 1.807) is 0 Å². The lowest BCUT2D eigenvalue weighted by Crippen LogP contribution is -2.49. The summed E-state index contributed by atoms with van der Waals surface area (Å²) >= 11 is 0. The first kappa shape index (κ1) is 20.0. The molecule has 1 saturated heterocycles. The first-order valence-corrected chi connectivity index (χ1v) is 8.25. The lowest BCUT2D eigenvalue weighted by atomic mass is 9.73. The Morgan fingerprint density at radius 1 is 1.27 bits per heavy atom.